The average molecular weight is 358 g/mol. The lowest BCUT2D eigenvalue weighted by atomic mass is 10.2. The molecule has 1 amide bonds. The van der Waals surface area contributed by atoms with Crippen molar-refractivity contribution >= 4 is 27.5 Å². The molecule has 0 fully saturated rings. The third-order valence-electron chi connectivity index (χ3n) is 3.76. The Morgan fingerprint density at radius 3 is 3.00 bits per heavy atom. The number of thiophene rings is 1. The minimum Gasteiger partial charge on any atom is -0.491 e. The second-order valence-corrected chi connectivity index (χ2v) is 6.65. The first-order chi connectivity index (χ1) is 12.2. The van der Waals surface area contributed by atoms with Crippen molar-refractivity contribution in [2.45, 2.75) is 26.3 Å². The van der Waals surface area contributed by atoms with Gasteiger partial charge in [0.25, 0.3) is 5.91 Å². The Hall–Kier alpha value is -2.47. The average Bonchev–Trinajstić information content (AvgIpc) is 3.06. The Kier molecular flexibility index (Phi) is 5.60. The Bertz CT molecular complexity index is 846. The summed E-state index contributed by atoms with van der Waals surface area (Å²) in [6.07, 6.45) is 3.56. The number of nitrogens with zero attached hydrogens (tertiary/aromatic N) is 1. The number of aromatic nitrogens is 1. The minimum atomic E-state index is -0.420. The van der Waals surface area contributed by atoms with E-state index < -0.39 is 5.82 Å². The van der Waals surface area contributed by atoms with Gasteiger partial charge in [-0.1, -0.05) is 31.5 Å². The number of nitrogens with one attached hydrogen (secondary N) is 1. The molecule has 0 saturated carbocycles. The molecule has 0 aliphatic heterocycles. The molecule has 6 heteroatoms. The fourth-order valence-electron chi connectivity index (χ4n) is 2.38. The molecule has 4 nitrogen and oxygen atoms in total. The number of hydrogen-bond donors (Lipinski definition) is 1. The van der Waals surface area contributed by atoms with Gasteiger partial charge < -0.3 is 10.1 Å². The molecule has 0 bridgehead atoms. The van der Waals surface area contributed by atoms with Gasteiger partial charge in [0.05, 0.1) is 11.5 Å². The van der Waals surface area contributed by atoms with E-state index in [-0.39, 0.29) is 18.2 Å². The van der Waals surface area contributed by atoms with Crippen molar-refractivity contribution < 1.29 is 13.9 Å². The molecule has 2 aromatic heterocycles. The zero-order valence-corrected chi connectivity index (χ0v) is 14.7. The lowest BCUT2D eigenvalue weighted by molar-refractivity contribution is 0.0954. The number of benzene rings is 1. The molecule has 0 aliphatic carbocycles. The normalized spacial score (nSPS) is 10.8. The van der Waals surface area contributed by atoms with Crippen LogP contribution in [0.2, 0.25) is 0 Å². The number of carbonyl (C=O) groups excluding carboxylic acids is 1. The topological polar surface area (TPSA) is 51.2 Å². The molecule has 0 spiro atoms. The Morgan fingerprint density at radius 1 is 1.32 bits per heavy atom. The molecule has 0 aliphatic rings. The Morgan fingerprint density at radius 2 is 2.20 bits per heavy atom. The van der Waals surface area contributed by atoms with E-state index in [4.69, 9.17) is 4.74 Å². The Labute approximate surface area is 149 Å². The molecule has 3 rings (SSSR count). The van der Waals surface area contributed by atoms with Crippen LogP contribution in [0, 0.1) is 5.82 Å². The van der Waals surface area contributed by atoms with Crippen LogP contribution in [0.15, 0.2) is 42.6 Å². The number of rotatable bonds is 7. The molecule has 0 radical (unpaired) electrons. The first kappa shape index (κ1) is 17.4. The second-order valence-electron chi connectivity index (χ2n) is 5.62. The zero-order chi connectivity index (χ0) is 17.6. The third kappa shape index (κ3) is 4.14. The summed E-state index contributed by atoms with van der Waals surface area (Å²) in [6.45, 7) is 2.64. The van der Waals surface area contributed by atoms with Gasteiger partial charge in [-0.3, -0.25) is 4.79 Å². The number of ether oxygens (including phenoxy) is 1. The van der Waals surface area contributed by atoms with Gasteiger partial charge in [0, 0.05) is 23.7 Å². The Balaban J connectivity index is 1.66. The minimum absolute atomic E-state index is 0.108. The van der Waals surface area contributed by atoms with E-state index >= 15 is 0 Å². The van der Waals surface area contributed by atoms with Crippen molar-refractivity contribution in [1.82, 2.24) is 10.3 Å². The highest BCUT2D eigenvalue weighted by molar-refractivity contribution is 7.20. The monoisotopic (exact) mass is 358 g/mol. The summed E-state index contributed by atoms with van der Waals surface area (Å²) < 4.78 is 19.9. The number of amides is 1. The van der Waals surface area contributed by atoms with Crippen molar-refractivity contribution in [2.75, 3.05) is 6.61 Å². The predicted octanol–water partition coefficient (Wildman–Crippen LogP) is 4.54. The summed E-state index contributed by atoms with van der Waals surface area (Å²) in [4.78, 5) is 17.9. The maximum Gasteiger partial charge on any atom is 0.261 e. The maximum absolute atomic E-state index is 14.4. The number of unbranched alkanes of at least 4 members (excludes halogenated alkanes) is 1. The van der Waals surface area contributed by atoms with Gasteiger partial charge >= 0.3 is 0 Å². The van der Waals surface area contributed by atoms with Crippen LogP contribution in [0.4, 0.5) is 4.39 Å². The van der Waals surface area contributed by atoms with E-state index in [0.717, 1.165) is 23.1 Å². The van der Waals surface area contributed by atoms with Crippen LogP contribution in [0.3, 0.4) is 0 Å². The second kappa shape index (κ2) is 8.07. The largest absolute Gasteiger partial charge is 0.491 e. The zero-order valence-electron chi connectivity index (χ0n) is 13.9. The quantitative estimate of drug-likeness (QED) is 0.631. The van der Waals surface area contributed by atoms with Gasteiger partial charge in [-0.25, -0.2) is 9.37 Å². The summed E-state index contributed by atoms with van der Waals surface area (Å²) in [5.74, 6) is -0.428. The van der Waals surface area contributed by atoms with Gasteiger partial charge in [0.1, 0.15) is 4.83 Å². The summed E-state index contributed by atoms with van der Waals surface area (Å²) in [5, 5.41) is 3.69. The molecule has 0 atom stereocenters. The molecular weight excluding hydrogens is 339 g/mol. The van der Waals surface area contributed by atoms with Gasteiger partial charge in [-0.15, -0.1) is 11.3 Å². The van der Waals surface area contributed by atoms with Crippen LogP contribution >= 0.6 is 11.3 Å². The van der Waals surface area contributed by atoms with Crippen LogP contribution in [0.5, 0.6) is 5.75 Å². The standard InChI is InChI=1S/C19H19FN2O2S/c1-2-3-10-24-15-8-4-6-14(17(15)20)12-22-18(23)16-11-13-7-5-9-21-19(13)25-16/h4-9,11H,2-3,10,12H2,1H3,(H,22,23). The lowest BCUT2D eigenvalue weighted by Crippen LogP contribution is -2.22. The van der Waals surface area contributed by atoms with E-state index in [2.05, 4.69) is 17.2 Å². The lowest BCUT2D eigenvalue weighted by Gasteiger charge is -2.10. The van der Waals surface area contributed by atoms with E-state index in [0.29, 0.717) is 17.0 Å². The summed E-state index contributed by atoms with van der Waals surface area (Å²) >= 11 is 1.32. The highest BCUT2D eigenvalue weighted by atomic mass is 32.1. The molecule has 130 valence electrons. The van der Waals surface area contributed by atoms with Crippen LogP contribution in [0.25, 0.3) is 10.2 Å². The molecule has 2 heterocycles. The number of carbonyl (C=O) groups is 1. The van der Waals surface area contributed by atoms with Crippen LogP contribution < -0.4 is 10.1 Å². The summed E-state index contributed by atoms with van der Waals surface area (Å²) in [7, 11) is 0. The molecular formula is C19H19FN2O2S. The van der Waals surface area contributed by atoms with E-state index in [1.807, 2.05) is 12.1 Å². The van der Waals surface area contributed by atoms with Gasteiger partial charge in [0.15, 0.2) is 11.6 Å². The van der Waals surface area contributed by atoms with Crippen LogP contribution in [0.1, 0.15) is 35.0 Å². The van der Waals surface area contributed by atoms with Gasteiger partial charge in [-0.2, -0.15) is 0 Å². The summed E-state index contributed by atoms with van der Waals surface area (Å²) in [5.41, 5.74) is 0.404. The number of halogens is 1. The fourth-order valence-corrected chi connectivity index (χ4v) is 3.30. The van der Waals surface area contributed by atoms with Gasteiger partial charge in [-0.05, 0) is 24.6 Å². The van der Waals surface area contributed by atoms with Crippen molar-refractivity contribution in [2.24, 2.45) is 0 Å². The highest BCUT2D eigenvalue weighted by Crippen LogP contribution is 2.24. The van der Waals surface area contributed by atoms with Crippen LogP contribution in [-0.4, -0.2) is 17.5 Å². The van der Waals surface area contributed by atoms with Crippen molar-refractivity contribution in [3.05, 3.63) is 58.9 Å². The smallest absolute Gasteiger partial charge is 0.261 e. The molecule has 1 N–H and O–H groups in total. The van der Waals surface area contributed by atoms with Crippen molar-refractivity contribution in [3.8, 4) is 5.75 Å². The highest BCUT2D eigenvalue weighted by Gasteiger charge is 2.13. The maximum atomic E-state index is 14.4. The molecule has 3 aromatic rings. The molecule has 0 saturated heterocycles. The number of hydrogen-bond acceptors (Lipinski definition) is 4. The first-order valence-corrected chi connectivity index (χ1v) is 9.03. The first-order valence-electron chi connectivity index (χ1n) is 8.22. The summed E-state index contributed by atoms with van der Waals surface area (Å²) in [6, 6.07) is 10.5. The van der Waals surface area contributed by atoms with E-state index in [1.165, 1.54) is 11.3 Å². The molecule has 0 unspecified atom stereocenters. The SMILES string of the molecule is CCCCOc1cccc(CNC(=O)c2cc3cccnc3s2)c1F. The fraction of sp³-hybridized carbons (Fsp3) is 0.263. The van der Waals surface area contributed by atoms with Crippen molar-refractivity contribution in [1.29, 1.82) is 0 Å². The van der Waals surface area contributed by atoms with Crippen LogP contribution in [-0.2, 0) is 6.54 Å². The number of fused-ring (bicyclic) bond motifs is 1. The number of pyridine rings is 1. The molecule has 1 aromatic carbocycles. The van der Waals surface area contributed by atoms with Gasteiger partial charge in [0.2, 0.25) is 0 Å². The predicted molar refractivity (Wildman–Crippen MR) is 97.6 cm³/mol. The van der Waals surface area contributed by atoms with E-state index in [9.17, 15) is 9.18 Å². The van der Waals surface area contributed by atoms with E-state index in [1.54, 1.807) is 30.5 Å². The third-order valence-corrected chi connectivity index (χ3v) is 4.81. The molecule has 25 heavy (non-hydrogen) atoms. The van der Waals surface area contributed by atoms with Crippen molar-refractivity contribution in [3.63, 3.8) is 0 Å².